The van der Waals surface area contributed by atoms with Gasteiger partial charge in [0, 0.05) is 11.1 Å². The van der Waals surface area contributed by atoms with Crippen LogP contribution in [0.5, 0.6) is 11.5 Å². The summed E-state index contributed by atoms with van der Waals surface area (Å²) < 4.78 is 36.6. The van der Waals surface area contributed by atoms with Gasteiger partial charge in [-0.3, -0.25) is 9.10 Å². The van der Waals surface area contributed by atoms with E-state index in [1.54, 1.807) is 56.5 Å². The van der Waals surface area contributed by atoms with Crippen molar-refractivity contribution in [2.24, 2.45) is 0 Å². The predicted molar refractivity (Wildman–Crippen MR) is 114 cm³/mol. The lowest BCUT2D eigenvalue weighted by Crippen LogP contribution is -2.50. The molecule has 0 heterocycles. The van der Waals surface area contributed by atoms with E-state index in [0.29, 0.717) is 28.6 Å². The lowest BCUT2D eigenvalue weighted by Gasteiger charge is -2.30. The standard InChI is InChI=1S/C20H25ClN2O5S/c1-4-19(23(29(3,25)26)16-8-5-7-15(21)13-16)20(24)22-11-12-28-18-10-6-9-17(14-18)27-2/h5-10,13-14,19H,4,11-12H2,1-3H3,(H,22,24). The summed E-state index contributed by atoms with van der Waals surface area (Å²) in [5.74, 6) is 0.873. The molecule has 0 fully saturated rings. The van der Waals surface area contributed by atoms with Crippen LogP contribution in [-0.4, -0.2) is 46.9 Å². The van der Waals surface area contributed by atoms with E-state index in [0.717, 1.165) is 10.6 Å². The summed E-state index contributed by atoms with van der Waals surface area (Å²) in [7, 11) is -2.14. The highest BCUT2D eigenvalue weighted by molar-refractivity contribution is 7.92. The molecule has 158 valence electrons. The Hall–Kier alpha value is -2.45. The van der Waals surface area contributed by atoms with Crippen molar-refractivity contribution in [3.8, 4) is 11.5 Å². The van der Waals surface area contributed by atoms with Gasteiger partial charge in [0.1, 0.15) is 24.1 Å². The first-order chi connectivity index (χ1) is 13.8. The van der Waals surface area contributed by atoms with Crippen molar-refractivity contribution in [2.75, 3.05) is 30.8 Å². The highest BCUT2D eigenvalue weighted by atomic mass is 35.5. The van der Waals surface area contributed by atoms with Gasteiger partial charge in [-0.15, -0.1) is 0 Å². The number of anilines is 1. The fraction of sp³-hybridized carbons (Fsp3) is 0.350. The van der Waals surface area contributed by atoms with Crippen LogP contribution in [0.2, 0.25) is 5.02 Å². The number of nitrogens with one attached hydrogen (secondary N) is 1. The molecule has 0 saturated heterocycles. The quantitative estimate of drug-likeness (QED) is 0.574. The molecule has 2 aromatic rings. The second kappa shape index (κ2) is 10.4. The van der Waals surface area contributed by atoms with Gasteiger partial charge in [-0.2, -0.15) is 0 Å². The number of hydrogen-bond donors (Lipinski definition) is 1. The van der Waals surface area contributed by atoms with E-state index < -0.39 is 22.0 Å². The molecule has 2 rings (SSSR count). The molecule has 7 nitrogen and oxygen atoms in total. The first-order valence-electron chi connectivity index (χ1n) is 9.05. The van der Waals surface area contributed by atoms with Crippen molar-refractivity contribution in [2.45, 2.75) is 19.4 Å². The molecule has 9 heteroatoms. The van der Waals surface area contributed by atoms with E-state index in [9.17, 15) is 13.2 Å². The maximum absolute atomic E-state index is 12.7. The molecule has 0 spiro atoms. The van der Waals surface area contributed by atoms with E-state index in [-0.39, 0.29) is 13.2 Å². The molecular weight excluding hydrogens is 416 g/mol. The van der Waals surface area contributed by atoms with Crippen molar-refractivity contribution >= 4 is 33.2 Å². The molecule has 0 aliphatic carbocycles. The number of methoxy groups -OCH3 is 1. The number of carbonyl (C=O) groups is 1. The summed E-state index contributed by atoms with van der Waals surface area (Å²) in [6, 6.07) is 12.6. The van der Waals surface area contributed by atoms with Gasteiger partial charge in [-0.25, -0.2) is 8.42 Å². The largest absolute Gasteiger partial charge is 0.497 e. The van der Waals surface area contributed by atoms with Crippen molar-refractivity contribution in [3.05, 3.63) is 53.6 Å². The van der Waals surface area contributed by atoms with Crippen LogP contribution in [0, 0.1) is 0 Å². The van der Waals surface area contributed by atoms with Crippen LogP contribution in [0.1, 0.15) is 13.3 Å². The molecule has 1 amide bonds. The van der Waals surface area contributed by atoms with Crippen molar-refractivity contribution < 1.29 is 22.7 Å². The van der Waals surface area contributed by atoms with Gasteiger partial charge in [-0.05, 0) is 36.8 Å². The summed E-state index contributed by atoms with van der Waals surface area (Å²) in [6.07, 6.45) is 1.36. The van der Waals surface area contributed by atoms with E-state index in [1.165, 1.54) is 6.07 Å². The Morgan fingerprint density at radius 2 is 1.86 bits per heavy atom. The number of benzene rings is 2. The van der Waals surface area contributed by atoms with Crippen molar-refractivity contribution in [1.82, 2.24) is 5.32 Å². The second-order valence-electron chi connectivity index (χ2n) is 6.28. The zero-order valence-electron chi connectivity index (χ0n) is 16.6. The predicted octanol–water partition coefficient (Wildman–Crippen LogP) is 3.09. The van der Waals surface area contributed by atoms with Gasteiger partial charge < -0.3 is 14.8 Å². The number of carbonyl (C=O) groups excluding carboxylic acids is 1. The summed E-state index contributed by atoms with van der Waals surface area (Å²) >= 11 is 6.00. The monoisotopic (exact) mass is 440 g/mol. The number of halogens is 1. The topological polar surface area (TPSA) is 84.9 Å². The van der Waals surface area contributed by atoms with Crippen LogP contribution in [-0.2, 0) is 14.8 Å². The molecule has 0 radical (unpaired) electrons. The van der Waals surface area contributed by atoms with Gasteiger partial charge in [0.05, 0.1) is 25.6 Å². The number of hydrogen-bond acceptors (Lipinski definition) is 5. The van der Waals surface area contributed by atoms with Crippen LogP contribution in [0.3, 0.4) is 0 Å². The smallest absolute Gasteiger partial charge is 0.244 e. The Kier molecular flexibility index (Phi) is 8.16. The molecule has 0 aliphatic rings. The number of amides is 1. The van der Waals surface area contributed by atoms with Gasteiger partial charge in [0.25, 0.3) is 0 Å². The lowest BCUT2D eigenvalue weighted by atomic mass is 10.2. The molecule has 0 bridgehead atoms. The van der Waals surface area contributed by atoms with Crippen LogP contribution in [0.4, 0.5) is 5.69 Å². The van der Waals surface area contributed by atoms with Gasteiger partial charge in [0.2, 0.25) is 15.9 Å². The van der Waals surface area contributed by atoms with E-state index >= 15 is 0 Å². The molecule has 1 unspecified atom stereocenters. The molecule has 0 saturated carbocycles. The van der Waals surface area contributed by atoms with Gasteiger partial charge in [-0.1, -0.05) is 30.7 Å². The van der Waals surface area contributed by atoms with Gasteiger partial charge in [0.15, 0.2) is 0 Å². The summed E-state index contributed by atoms with van der Waals surface area (Å²) in [6.45, 7) is 2.20. The lowest BCUT2D eigenvalue weighted by molar-refractivity contribution is -0.122. The summed E-state index contributed by atoms with van der Waals surface area (Å²) in [5, 5.41) is 3.12. The highest BCUT2D eigenvalue weighted by Crippen LogP contribution is 2.25. The maximum Gasteiger partial charge on any atom is 0.244 e. The Bertz CT molecular complexity index is 936. The third kappa shape index (κ3) is 6.54. The third-order valence-electron chi connectivity index (χ3n) is 4.10. The SMILES string of the molecule is CCC(C(=O)NCCOc1cccc(OC)c1)N(c1cccc(Cl)c1)S(C)(=O)=O. The van der Waals surface area contributed by atoms with Crippen LogP contribution in [0.15, 0.2) is 48.5 Å². The molecule has 1 N–H and O–H groups in total. The molecule has 0 aromatic heterocycles. The maximum atomic E-state index is 12.7. The van der Waals surface area contributed by atoms with Crippen LogP contribution in [0.25, 0.3) is 0 Å². The zero-order chi connectivity index (χ0) is 21.4. The molecular formula is C20H25ClN2O5S. The number of sulfonamides is 1. The first kappa shape index (κ1) is 22.8. The average Bonchev–Trinajstić information content (AvgIpc) is 2.68. The Morgan fingerprint density at radius 1 is 1.17 bits per heavy atom. The third-order valence-corrected chi connectivity index (χ3v) is 5.52. The van der Waals surface area contributed by atoms with Crippen molar-refractivity contribution in [3.63, 3.8) is 0 Å². The minimum Gasteiger partial charge on any atom is -0.497 e. The van der Waals surface area contributed by atoms with E-state index in [2.05, 4.69) is 5.32 Å². The van der Waals surface area contributed by atoms with Crippen molar-refractivity contribution in [1.29, 1.82) is 0 Å². The fourth-order valence-electron chi connectivity index (χ4n) is 2.83. The minimum atomic E-state index is -3.70. The van der Waals surface area contributed by atoms with Crippen LogP contribution >= 0.6 is 11.6 Å². The molecule has 29 heavy (non-hydrogen) atoms. The zero-order valence-corrected chi connectivity index (χ0v) is 18.2. The normalized spacial score (nSPS) is 12.1. The number of ether oxygens (including phenoxy) is 2. The highest BCUT2D eigenvalue weighted by Gasteiger charge is 2.31. The fourth-order valence-corrected chi connectivity index (χ4v) is 4.21. The molecule has 2 aromatic carbocycles. The summed E-state index contributed by atoms with van der Waals surface area (Å²) in [4.78, 5) is 12.7. The minimum absolute atomic E-state index is 0.222. The Labute approximate surface area is 176 Å². The van der Waals surface area contributed by atoms with Gasteiger partial charge >= 0.3 is 0 Å². The molecule has 1 atom stereocenters. The first-order valence-corrected chi connectivity index (χ1v) is 11.3. The molecule has 0 aliphatic heterocycles. The number of rotatable bonds is 10. The Balaban J connectivity index is 2.03. The summed E-state index contributed by atoms with van der Waals surface area (Å²) in [5.41, 5.74) is 0.342. The van der Waals surface area contributed by atoms with E-state index in [4.69, 9.17) is 21.1 Å². The average molecular weight is 441 g/mol. The second-order valence-corrected chi connectivity index (χ2v) is 8.58. The number of nitrogens with zero attached hydrogens (tertiary/aromatic N) is 1. The van der Waals surface area contributed by atoms with Crippen LogP contribution < -0.4 is 19.1 Å². The Morgan fingerprint density at radius 3 is 2.48 bits per heavy atom. The van der Waals surface area contributed by atoms with E-state index in [1.807, 2.05) is 0 Å².